The highest BCUT2D eigenvalue weighted by molar-refractivity contribution is 9.10. The van der Waals surface area contributed by atoms with Crippen LogP contribution in [-0.2, 0) is 0 Å². The maximum Gasteiger partial charge on any atom is 0.344 e. The summed E-state index contributed by atoms with van der Waals surface area (Å²) in [4.78, 5) is 15.9. The summed E-state index contributed by atoms with van der Waals surface area (Å²) in [7, 11) is 0. The summed E-state index contributed by atoms with van der Waals surface area (Å²) in [6, 6.07) is 2.02. The van der Waals surface area contributed by atoms with Gasteiger partial charge in [-0.1, -0.05) is 0 Å². The first-order valence-electron chi connectivity index (χ1n) is 5.46. The zero-order valence-electron chi connectivity index (χ0n) is 10.3. The van der Waals surface area contributed by atoms with Gasteiger partial charge in [0.25, 0.3) is 0 Å². The fraction of sp³-hybridized carbons (Fsp3) is 0.364. The van der Waals surface area contributed by atoms with Crippen molar-refractivity contribution in [1.82, 2.24) is 19.7 Å². The van der Waals surface area contributed by atoms with Crippen LogP contribution in [0, 0.1) is 6.92 Å². The zero-order valence-corrected chi connectivity index (χ0v) is 12.7. The normalized spacial score (nSPS) is 11.2. The first kappa shape index (κ1) is 13.4. The third-order valence-electron chi connectivity index (χ3n) is 2.41. The Morgan fingerprint density at radius 3 is 2.83 bits per heavy atom. The predicted octanol–water partition coefficient (Wildman–Crippen LogP) is 2.77. The van der Waals surface area contributed by atoms with E-state index in [0.717, 1.165) is 15.1 Å². The number of pyridine rings is 1. The first-order valence-corrected chi connectivity index (χ1v) is 7.07. The molecule has 96 valence electrons. The van der Waals surface area contributed by atoms with Gasteiger partial charge < -0.3 is 0 Å². The Kier molecular flexibility index (Phi) is 3.91. The molecule has 0 atom stereocenters. The van der Waals surface area contributed by atoms with Crippen molar-refractivity contribution in [2.75, 3.05) is 0 Å². The largest absolute Gasteiger partial charge is 0.344 e. The summed E-state index contributed by atoms with van der Waals surface area (Å²) >= 11 is 4.78. The van der Waals surface area contributed by atoms with Gasteiger partial charge in [-0.05, 0) is 60.1 Å². The van der Waals surface area contributed by atoms with Gasteiger partial charge in [-0.2, -0.15) is 0 Å². The van der Waals surface area contributed by atoms with E-state index in [-0.39, 0.29) is 11.7 Å². The molecule has 0 aliphatic rings. The van der Waals surface area contributed by atoms with Gasteiger partial charge in [-0.25, -0.2) is 14.9 Å². The summed E-state index contributed by atoms with van der Waals surface area (Å²) in [5, 5.41) is 7.93. The van der Waals surface area contributed by atoms with Crippen molar-refractivity contribution in [3.63, 3.8) is 0 Å². The predicted molar refractivity (Wildman–Crippen MR) is 74.0 cm³/mol. The van der Waals surface area contributed by atoms with Gasteiger partial charge in [0.05, 0.1) is 0 Å². The fourth-order valence-electron chi connectivity index (χ4n) is 1.48. The molecule has 0 unspecified atom stereocenters. The van der Waals surface area contributed by atoms with Gasteiger partial charge in [-0.15, -0.1) is 5.10 Å². The molecule has 0 amide bonds. The Balaban J connectivity index is 2.34. The minimum atomic E-state index is -0.193. The van der Waals surface area contributed by atoms with E-state index in [1.54, 1.807) is 10.8 Å². The molecule has 18 heavy (non-hydrogen) atoms. The van der Waals surface area contributed by atoms with E-state index in [4.69, 9.17) is 0 Å². The van der Waals surface area contributed by atoms with Gasteiger partial charge in [0.2, 0.25) is 0 Å². The highest BCUT2D eigenvalue weighted by Gasteiger charge is 2.13. The standard InChI is InChI=1S/C11H13BrN4OS/c1-6(2)16-10(17)14-15-11(16)18-9-4-7(3)8(12)5-13-9/h4-6H,1-3H3,(H,14,17). The molecular weight excluding hydrogens is 316 g/mol. The number of rotatable bonds is 3. The molecule has 2 heterocycles. The summed E-state index contributed by atoms with van der Waals surface area (Å²) in [5.74, 6) is 0. The van der Waals surface area contributed by atoms with Crippen molar-refractivity contribution in [3.8, 4) is 0 Å². The molecular formula is C11H13BrN4OS. The molecule has 0 aliphatic heterocycles. The quantitative estimate of drug-likeness (QED) is 0.940. The lowest BCUT2D eigenvalue weighted by Gasteiger charge is -2.08. The molecule has 0 saturated carbocycles. The van der Waals surface area contributed by atoms with Crippen molar-refractivity contribution in [1.29, 1.82) is 0 Å². The van der Waals surface area contributed by atoms with E-state index in [1.807, 2.05) is 26.8 Å². The van der Waals surface area contributed by atoms with Crippen molar-refractivity contribution in [2.24, 2.45) is 0 Å². The van der Waals surface area contributed by atoms with Crippen LogP contribution in [-0.4, -0.2) is 19.7 Å². The first-order chi connectivity index (χ1) is 8.49. The lowest BCUT2D eigenvalue weighted by molar-refractivity contribution is 0.534. The van der Waals surface area contributed by atoms with E-state index in [2.05, 4.69) is 31.1 Å². The second-order valence-corrected chi connectivity index (χ2v) is 5.99. The summed E-state index contributed by atoms with van der Waals surface area (Å²) in [5.41, 5.74) is 0.905. The minimum absolute atomic E-state index is 0.0651. The van der Waals surface area contributed by atoms with Crippen molar-refractivity contribution >= 4 is 27.7 Å². The minimum Gasteiger partial charge on any atom is -0.267 e. The molecule has 2 aromatic heterocycles. The molecule has 5 nitrogen and oxygen atoms in total. The molecule has 0 spiro atoms. The Labute approximate surface area is 117 Å². The van der Waals surface area contributed by atoms with Gasteiger partial charge in [0.1, 0.15) is 5.03 Å². The molecule has 2 rings (SSSR count). The lowest BCUT2D eigenvalue weighted by Crippen LogP contribution is -2.19. The van der Waals surface area contributed by atoms with Gasteiger partial charge >= 0.3 is 5.69 Å². The second-order valence-electron chi connectivity index (χ2n) is 4.15. The average Bonchev–Trinajstić information content (AvgIpc) is 2.65. The van der Waals surface area contributed by atoms with E-state index >= 15 is 0 Å². The molecule has 0 aliphatic carbocycles. The molecule has 0 saturated heterocycles. The van der Waals surface area contributed by atoms with Crippen LogP contribution in [0.4, 0.5) is 0 Å². The van der Waals surface area contributed by atoms with Crippen LogP contribution < -0.4 is 5.69 Å². The number of H-pyrrole nitrogens is 1. The third kappa shape index (κ3) is 2.67. The van der Waals surface area contributed by atoms with Crippen molar-refractivity contribution < 1.29 is 0 Å². The van der Waals surface area contributed by atoms with Crippen LogP contribution in [0.3, 0.4) is 0 Å². The Hall–Kier alpha value is -1.08. The molecule has 1 N–H and O–H groups in total. The molecule has 0 aromatic carbocycles. The van der Waals surface area contributed by atoms with Crippen LogP contribution in [0.15, 0.2) is 31.7 Å². The SMILES string of the molecule is Cc1cc(Sc2n[nH]c(=O)n2C(C)C)ncc1Br. The third-order valence-corrected chi connectivity index (χ3v) is 4.14. The van der Waals surface area contributed by atoms with Crippen LogP contribution in [0.2, 0.25) is 0 Å². The van der Waals surface area contributed by atoms with Crippen LogP contribution in [0.1, 0.15) is 25.5 Å². The van der Waals surface area contributed by atoms with E-state index in [0.29, 0.717) is 5.16 Å². The molecule has 0 fully saturated rings. The Morgan fingerprint density at radius 2 is 2.22 bits per heavy atom. The van der Waals surface area contributed by atoms with Crippen LogP contribution in [0.5, 0.6) is 0 Å². The molecule has 0 bridgehead atoms. The monoisotopic (exact) mass is 328 g/mol. The smallest absolute Gasteiger partial charge is 0.267 e. The number of aromatic amines is 1. The lowest BCUT2D eigenvalue weighted by atomic mass is 10.3. The van der Waals surface area contributed by atoms with Crippen molar-refractivity contribution in [3.05, 3.63) is 32.8 Å². The maximum atomic E-state index is 11.6. The van der Waals surface area contributed by atoms with Crippen molar-refractivity contribution in [2.45, 2.75) is 37.0 Å². The summed E-state index contributed by atoms with van der Waals surface area (Å²) in [6.45, 7) is 5.89. The number of hydrogen-bond acceptors (Lipinski definition) is 4. The highest BCUT2D eigenvalue weighted by atomic mass is 79.9. The fourth-order valence-corrected chi connectivity index (χ4v) is 2.71. The molecule has 7 heteroatoms. The zero-order chi connectivity index (χ0) is 13.3. The Bertz CT molecular complexity index is 620. The van der Waals surface area contributed by atoms with Gasteiger partial charge in [-0.3, -0.25) is 4.57 Å². The molecule has 0 radical (unpaired) electrons. The number of nitrogens with zero attached hydrogens (tertiary/aromatic N) is 3. The number of halogens is 1. The molecule has 2 aromatic rings. The van der Waals surface area contributed by atoms with E-state index in [9.17, 15) is 4.79 Å². The topological polar surface area (TPSA) is 63.6 Å². The number of hydrogen-bond donors (Lipinski definition) is 1. The van der Waals surface area contributed by atoms with Gasteiger partial charge in [0.15, 0.2) is 5.16 Å². The summed E-state index contributed by atoms with van der Waals surface area (Å²) < 4.78 is 2.58. The number of nitrogens with one attached hydrogen (secondary N) is 1. The summed E-state index contributed by atoms with van der Waals surface area (Å²) in [6.07, 6.45) is 1.75. The van der Waals surface area contributed by atoms with Crippen LogP contribution in [0.25, 0.3) is 0 Å². The Morgan fingerprint density at radius 1 is 1.50 bits per heavy atom. The maximum absolute atomic E-state index is 11.6. The number of aromatic nitrogens is 4. The van der Waals surface area contributed by atoms with E-state index in [1.165, 1.54) is 11.8 Å². The second kappa shape index (κ2) is 5.27. The average molecular weight is 329 g/mol. The highest BCUT2D eigenvalue weighted by Crippen LogP contribution is 2.27. The van der Waals surface area contributed by atoms with Crippen LogP contribution >= 0.6 is 27.7 Å². The number of aryl methyl sites for hydroxylation is 1. The van der Waals surface area contributed by atoms with E-state index < -0.39 is 0 Å². The van der Waals surface area contributed by atoms with Gasteiger partial charge in [0, 0.05) is 16.7 Å².